The van der Waals surface area contributed by atoms with E-state index in [2.05, 4.69) is 33.9 Å². The second-order valence-electron chi connectivity index (χ2n) is 13.4. The van der Waals surface area contributed by atoms with Crippen molar-refractivity contribution in [3.8, 4) is 0 Å². The van der Waals surface area contributed by atoms with Crippen LogP contribution >= 0.6 is 0 Å². The average molecular weight is 600 g/mol. The summed E-state index contributed by atoms with van der Waals surface area (Å²) in [6.45, 7) is 18.6. The zero-order valence-corrected chi connectivity index (χ0v) is 27.7. The smallest absolute Gasteiger partial charge is 0.411 e. The van der Waals surface area contributed by atoms with Crippen molar-refractivity contribution in [2.75, 3.05) is 13.2 Å². The first kappa shape index (κ1) is 33.8. The number of carbonyl (C=O) groups is 2. The molecule has 9 heteroatoms. The fourth-order valence-corrected chi connectivity index (χ4v) is 6.00. The predicted molar refractivity (Wildman–Crippen MR) is 165 cm³/mol. The van der Waals surface area contributed by atoms with Crippen LogP contribution in [0.1, 0.15) is 59.6 Å². The SMILES string of the molecule is CC(=O)O[C@H]1[C@H](O[Si](C)(C)C(C)(C)C)[C@@H](COCc2ccccc2)N(C(=O)OC(C)(C)C)[C@H]1COCc1ccccc1. The molecular formula is C33H49NO7Si. The fourth-order valence-electron chi connectivity index (χ4n) is 4.68. The highest BCUT2D eigenvalue weighted by Gasteiger charge is 2.57. The third-order valence-corrected chi connectivity index (χ3v) is 12.2. The lowest BCUT2D eigenvalue weighted by Crippen LogP contribution is -2.52. The van der Waals surface area contributed by atoms with Crippen LogP contribution in [-0.2, 0) is 41.4 Å². The van der Waals surface area contributed by atoms with Gasteiger partial charge in [-0.3, -0.25) is 9.69 Å². The molecule has 3 rings (SSSR count). The Kier molecular flexibility index (Phi) is 11.4. The predicted octanol–water partition coefficient (Wildman–Crippen LogP) is 6.73. The highest BCUT2D eigenvalue weighted by Crippen LogP contribution is 2.41. The molecule has 0 aliphatic carbocycles. The molecule has 1 fully saturated rings. The van der Waals surface area contributed by atoms with Crippen molar-refractivity contribution in [2.24, 2.45) is 0 Å². The molecule has 1 saturated heterocycles. The topological polar surface area (TPSA) is 83.5 Å². The third kappa shape index (κ3) is 9.39. The summed E-state index contributed by atoms with van der Waals surface area (Å²) in [6, 6.07) is 18.4. The largest absolute Gasteiger partial charge is 0.457 e. The molecule has 0 radical (unpaired) electrons. The van der Waals surface area contributed by atoms with Crippen molar-refractivity contribution in [3.05, 3.63) is 71.8 Å². The van der Waals surface area contributed by atoms with Crippen LogP contribution in [0.3, 0.4) is 0 Å². The van der Waals surface area contributed by atoms with E-state index in [9.17, 15) is 9.59 Å². The second kappa shape index (κ2) is 14.2. The Morgan fingerprint density at radius 1 is 0.762 bits per heavy atom. The highest BCUT2D eigenvalue weighted by atomic mass is 28.4. The van der Waals surface area contributed by atoms with Gasteiger partial charge in [-0.05, 0) is 50.0 Å². The minimum absolute atomic E-state index is 0.123. The summed E-state index contributed by atoms with van der Waals surface area (Å²) < 4.78 is 31.2. The van der Waals surface area contributed by atoms with Crippen LogP contribution in [0.4, 0.5) is 4.79 Å². The van der Waals surface area contributed by atoms with Crippen LogP contribution in [0.5, 0.6) is 0 Å². The van der Waals surface area contributed by atoms with Gasteiger partial charge in [0.1, 0.15) is 11.7 Å². The van der Waals surface area contributed by atoms with Gasteiger partial charge in [-0.15, -0.1) is 0 Å². The zero-order chi connectivity index (χ0) is 31.1. The number of nitrogens with zero attached hydrogens (tertiary/aromatic N) is 1. The van der Waals surface area contributed by atoms with E-state index in [0.717, 1.165) is 11.1 Å². The lowest BCUT2D eigenvalue weighted by molar-refractivity contribution is -0.152. The molecule has 8 nitrogen and oxygen atoms in total. The van der Waals surface area contributed by atoms with Crippen LogP contribution in [-0.4, -0.2) is 68.4 Å². The van der Waals surface area contributed by atoms with E-state index >= 15 is 0 Å². The van der Waals surface area contributed by atoms with Crippen molar-refractivity contribution >= 4 is 20.4 Å². The van der Waals surface area contributed by atoms with Gasteiger partial charge in [0.25, 0.3) is 0 Å². The quantitative estimate of drug-likeness (QED) is 0.209. The normalized spacial score (nSPS) is 21.3. The summed E-state index contributed by atoms with van der Waals surface area (Å²) in [5, 5.41) is -0.123. The molecule has 0 bridgehead atoms. The standard InChI is InChI=1S/C33H49NO7Si/c1-24(35)39-29-27(22-37-20-25-16-12-10-13-17-25)34(31(36)40-32(2,3)4)28(23-38-21-26-18-14-11-15-19-26)30(29)41-42(8,9)33(5,6)7/h10-19,27-30H,20-23H2,1-9H3/t27-,28+,29+,30+/m0/s1. The molecule has 1 amide bonds. The molecule has 42 heavy (non-hydrogen) atoms. The first-order chi connectivity index (χ1) is 19.6. The monoisotopic (exact) mass is 599 g/mol. The molecule has 1 aliphatic heterocycles. The number of likely N-dealkylation sites (tertiary alicyclic amines) is 1. The van der Waals surface area contributed by atoms with Gasteiger partial charge in [0.2, 0.25) is 0 Å². The Balaban J connectivity index is 2.00. The van der Waals surface area contributed by atoms with Crippen LogP contribution in [0, 0.1) is 0 Å². The van der Waals surface area contributed by atoms with Crippen molar-refractivity contribution in [1.29, 1.82) is 0 Å². The van der Waals surface area contributed by atoms with E-state index in [4.69, 9.17) is 23.4 Å². The molecule has 0 spiro atoms. The Bertz CT molecular complexity index is 1140. The second-order valence-corrected chi connectivity index (χ2v) is 18.2. The maximum absolute atomic E-state index is 13.9. The molecule has 232 valence electrons. The Morgan fingerprint density at radius 3 is 1.62 bits per heavy atom. The van der Waals surface area contributed by atoms with Gasteiger partial charge in [-0.25, -0.2) is 4.79 Å². The molecule has 2 aromatic rings. The number of carbonyl (C=O) groups excluding carboxylic acids is 2. The molecule has 4 atom stereocenters. The summed E-state index contributed by atoms with van der Waals surface area (Å²) in [4.78, 5) is 28.0. The first-order valence-electron chi connectivity index (χ1n) is 14.7. The minimum Gasteiger partial charge on any atom is -0.457 e. The number of amides is 1. The summed E-state index contributed by atoms with van der Waals surface area (Å²) in [7, 11) is -2.40. The van der Waals surface area contributed by atoms with E-state index < -0.39 is 50.3 Å². The van der Waals surface area contributed by atoms with E-state index in [0.29, 0.717) is 13.2 Å². The molecule has 0 saturated carbocycles. The molecule has 2 aromatic carbocycles. The van der Waals surface area contributed by atoms with E-state index in [-0.39, 0.29) is 18.3 Å². The maximum Gasteiger partial charge on any atom is 0.411 e. The summed E-state index contributed by atoms with van der Waals surface area (Å²) in [5.41, 5.74) is 1.28. The van der Waals surface area contributed by atoms with Crippen molar-refractivity contribution < 1.29 is 33.0 Å². The van der Waals surface area contributed by atoms with Crippen molar-refractivity contribution in [3.63, 3.8) is 0 Å². The lowest BCUT2D eigenvalue weighted by Gasteiger charge is -2.41. The summed E-state index contributed by atoms with van der Waals surface area (Å²) in [5.74, 6) is -0.452. The number of rotatable bonds is 11. The Hall–Kier alpha value is -2.72. The average Bonchev–Trinajstić information content (AvgIpc) is 3.14. The van der Waals surface area contributed by atoms with Gasteiger partial charge in [0, 0.05) is 6.92 Å². The molecule has 0 unspecified atom stereocenters. The number of hydrogen-bond acceptors (Lipinski definition) is 7. The lowest BCUT2D eigenvalue weighted by atomic mass is 10.1. The van der Waals surface area contributed by atoms with E-state index in [1.807, 2.05) is 81.4 Å². The summed E-state index contributed by atoms with van der Waals surface area (Å²) in [6.07, 6.45) is -1.93. The molecule has 0 N–H and O–H groups in total. The first-order valence-corrected chi connectivity index (χ1v) is 17.6. The van der Waals surface area contributed by atoms with Gasteiger partial charge >= 0.3 is 12.1 Å². The number of esters is 1. The summed E-state index contributed by atoms with van der Waals surface area (Å²) >= 11 is 0. The zero-order valence-electron chi connectivity index (χ0n) is 26.7. The van der Waals surface area contributed by atoms with Gasteiger partial charge in [0.15, 0.2) is 14.4 Å². The number of ether oxygens (including phenoxy) is 4. The van der Waals surface area contributed by atoms with Crippen molar-refractivity contribution in [1.82, 2.24) is 4.90 Å². The Morgan fingerprint density at radius 2 is 1.21 bits per heavy atom. The molecule has 1 heterocycles. The van der Waals surface area contributed by atoms with Crippen LogP contribution < -0.4 is 0 Å². The fraction of sp³-hybridized carbons (Fsp3) is 0.576. The van der Waals surface area contributed by atoms with Crippen LogP contribution in [0.25, 0.3) is 0 Å². The number of benzene rings is 2. The molecular weight excluding hydrogens is 550 g/mol. The van der Waals surface area contributed by atoms with Crippen LogP contribution in [0.2, 0.25) is 18.1 Å². The molecule has 1 aliphatic rings. The molecule has 0 aromatic heterocycles. The van der Waals surface area contributed by atoms with Gasteiger partial charge in [0.05, 0.1) is 38.5 Å². The van der Waals surface area contributed by atoms with Crippen molar-refractivity contribution in [2.45, 2.75) is 110 Å². The minimum atomic E-state index is -2.40. The number of hydrogen-bond donors (Lipinski definition) is 0. The van der Waals surface area contributed by atoms with Crippen LogP contribution in [0.15, 0.2) is 60.7 Å². The van der Waals surface area contributed by atoms with Gasteiger partial charge in [-0.2, -0.15) is 0 Å². The maximum atomic E-state index is 13.9. The highest BCUT2D eigenvalue weighted by molar-refractivity contribution is 6.74. The third-order valence-electron chi connectivity index (χ3n) is 7.74. The van der Waals surface area contributed by atoms with E-state index in [1.165, 1.54) is 6.92 Å². The van der Waals surface area contributed by atoms with Gasteiger partial charge in [-0.1, -0.05) is 81.4 Å². The Labute approximate surface area is 252 Å². The van der Waals surface area contributed by atoms with Gasteiger partial charge < -0.3 is 23.4 Å². The van der Waals surface area contributed by atoms with E-state index in [1.54, 1.807) is 4.90 Å².